The Morgan fingerprint density at radius 1 is 1.16 bits per heavy atom. The predicted molar refractivity (Wildman–Crippen MR) is 186 cm³/mol. The summed E-state index contributed by atoms with van der Waals surface area (Å²) in [5, 5.41) is 12.2. The number of benzene rings is 1. The summed E-state index contributed by atoms with van der Waals surface area (Å²) in [6.07, 6.45) is 0.0785. The Balaban J connectivity index is 1.72. The highest BCUT2D eigenvalue weighted by Crippen LogP contribution is 2.40. The molecular weight excluding hydrogens is 643 g/mol. The zero-order chi connectivity index (χ0) is 36.0. The van der Waals surface area contributed by atoms with E-state index in [1.54, 1.807) is 37.8 Å². The summed E-state index contributed by atoms with van der Waals surface area (Å²) in [5.74, 6) is -1.67. The number of aliphatic hydroxyl groups is 1. The number of hydrogen-bond acceptors (Lipinski definition) is 10. The minimum absolute atomic E-state index is 0.0492. The minimum atomic E-state index is -1.43. The van der Waals surface area contributed by atoms with E-state index in [1.165, 1.54) is 29.0 Å². The van der Waals surface area contributed by atoms with Crippen molar-refractivity contribution in [3.63, 3.8) is 0 Å². The van der Waals surface area contributed by atoms with E-state index < -0.39 is 35.6 Å². The standard InChI is InChI=1S/C37H41FN6O6/c1-8-28(46)42-14-15-43(22(7)17-42)34-24-16-21(6)31-29-25(38)10-9-11-27(29)49-18-26(45)33(50-36(47)20(4)5)23-12-13-39-30(19(2)3)32(23)44(35(24)40-31)37(48)41-34/h8-13,16,19-20,22,26,33,45H,1,14-15,17-18H2,2-7H3/t22-,26?,33?/m0/s1. The SMILES string of the molecule is C=CC(=O)N1CCN(c2nc(=O)n3c4nc(c(C)cc24)-c2c(F)cccc2OCC(O)C(OC(=O)C(C)C)c2ccnc(C(C)C)c2-3)[C@@H](C)C1. The number of aryl methyl sites for hydroxylation is 1. The summed E-state index contributed by atoms with van der Waals surface area (Å²) < 4.78 is 29.2. The number of hydrogen-bond donors (Lipinski definition) is 1. The van der Waals surface area contributed by atoms with E-state index in [4.69, 9.17) is 14.5 Å². The van der Waals surface area contributed by atoms with Crippen molar-refractivity contribution in [2.24, 2.45) is 5.92 Å². The van der Waals surface area contributed by atoms with Gasteiger partial charge in [0.25, 0.3) is 0 Å². The lowest BCUT2D eigenvalue weighted by Crippen LogP contribution is -2.54. The summed E-state index contributed by atoms with van der Waals surface area (Å²) in [6, 6.07) is 7.54. The molecule has 5 heterocycles. The Kier molecular flexibility index (Phi) is 9.45. The Bertz CT molecular complexity index is 2060. The molecular formula is C37H41FN6O6. The first kappa shape index (κ1) is 34.7. The van der Waals surface area contributed by atoms with Gasteiger partial charge in [0.15, 0.2) is 11.8 Å². The monoisotopic (exact) mass is 684 g/mol. The number of anilines is 1. The fourth-order valence-electron chi connectivity index (χ4n) is 6.61. The van der Waals surface area contributed by atoms with Gasteiger partial charge in [-0.2, -0.15) is 4.98 Å². The highest BCUT2D eigenvalue weighted by molar-refractivity contribution is 5.92. The van der Waals surface area contributed by atoms with Crippen molar-refractivity contribution >= 4 is 28.7 Å². The average molecular weight is 685 g/mol. The number of halogens is 1. The van der Waals surface area contributed by atoms with Crippen LogP contribution in [-0.4, -0.2) is 79.8 Å². The van der Waals surface area contributed by atoms with Gasteiger partial charge >= 0.3 is 11.7 Å². The van der Waals surface area contributed by atoms with E-state index in [1.807, 2.05) is 31.7 Å². The number of nitrogens with zero attached hydrogens (tertiary/aromatic N) is 6. The molecule has 0 saturated carbocycles. The van der Waals surface area contributed by atoms with E-state index in [2.05, 4.69) is 16.5 Å². The molecule has 4 aromatic rings. The van der Waals surface area contributed by atoms with Gasteiger partial charge in [-0.25, -0.2) is 18.7 Å². The van der Waals surface area contributed by atoms with Gasteiger partial charge in [-0.3, -0.25) is 14.6 Å². The first-order chi connectivity index (χ1) is 23.8. The van der Waals surface area contributed by atoms with Crippen molar-refractivity contribution in [2.75, 3.05) is 31.1 Å². The van der Waals surface area contributed by atoms with Crippen LogP contribution in [0.2, 0.25) is 0 Å². The largest absolute Gasteiger partial charge is 0.490 e. The maximum atomic E-state index is 15.8. The van der Waals surface area contributed by atoms with Gasteiger partial charge in [-0.15, -0.1) is 0 Å². The smallest absolute Gasteiger partial charge is 0.355 e. The van der Waals surface area contributed by atoms with Crippen LogP contribution < -0.4 is 15.3 Å². The zero-order valence-electron chi connectivity index (χ0n) is 29.0. The molecule has 262 valence electrons. The number of amides is 1. The lowest BCUT2D eigenvalue weighted by Gasteiger charge is -2.40. The third kappa shape index (κ3) is 6.10. The van der Waals surface area contributed by atoms with Crippen molar-refractivity contribution < 1.29 is 28.6 Å². The zero-order valence-corrected chi connectivity index (χ0v) is 29.0. The molecule has 2 aliphatic heterocycles. The third-order valence-electron chi connectivity index (χ3n) is 9.17. The molecule has 1 saturated heterocycles. The quantitative estimate of drug-likeness (QED) is 0.234. The maximum absolute atomic E-state index is 15.8. The molecule has 2 bridgehead atoms. The van der Waals surface area contributed by atoms with Crippen LogP contribution in [0.4, 0.5) is 10.2 Å². The second-order valence-corrected chi connectivity index (χ2v) is 13.4. The number of carbonyl (C=O) groups is 2. The van der Waals surface area contributed by atoms with Crippen LogP contribution in [0.5, 0.6) is 5.75 Å². The molecule has 6 rings (SSSR count). The van der Waals surface area contributed by atoms with Gasteiger partial charge in [0.05, 0.1) is 33.9 Å². The van der Waals surface area contributed by atoms with E-state index in [9.17, 15) is 19.5 Å². The summed E-state index contributed by atoms with van der Waals surface area (Å²) in [5.41, 5.74) is 1.36. The molecule has 0 aliphatic carbocycles. The lowest BCUT2D eigenvalue weighted by molar-refractivity contribution is -0.160. The molecule has 1 N–H and O–H groups in total. The molecule has 3 atom stereocenters. The highest BCUT2D eigenvalue weighted by atomic mass is 19.1. The highest BCUT2D eigenvalue weighted by Gasteiger charge is 2.35. The van der Waals surface area contributed by atoms with Gasteiger partial charge in [-0.05, 0) is 55.7 Å². The molecule has 1 aromatic carbocycles. The van der Waals surface area contributed by atoms with Gasteiger partial charge in [0.2, 0.25) is 5.91 Å². The Morgan fingerprint density at radius 3 is 2.60 bits per heavy atom. The van der Waals surface area contributed by atoms with E-state index in [0.717, 1.165) is 0 Å². The van der Waals surface area contributed by atoms with Crippen LogP contribution in [0.1, 0.15) is 63.5 Å². The number of piperazine rings is 1. The van der Waals surface area contributed by atoms with Crippen molar-refractivity contribution in [2.45, 2.75) is 65.7 Å². The summed E-state index contributed by atoms with van der Waals surface area (Å²) in [4.78, 5) is 58.1. The first-order valence-corrected chi connectivity index (χ1v) is 16.7. The Labute approximate surface area is 289 Å². The fraction of sp³-hybridized carbons (Fsp3) is 0.405. The Hall–Kier alpha value is -5.17. The van der Waals surface area contributed by atoms with Gasteiger partial charge in [0, 0.05) is 37.4 Å². The Morgan fingerprint density at radius 2 is 1.92 bits per heavy atom. The van der Waals surface area contributed by atoms with Crippen molar-refractivity contribution in [1.29, 1.82) is 0 Å². The van der Waals surface area contributed by atoms with Crippen LogP contribution in [-0.2, 0) is 14.3 Å². The summed E-state index contributed by atoms with van der Waals surface area (Å²) in [7, 11) is 0. The number of aromatic nitrogens is 4. The molecule has 3 aromatic heterocycles. The van der Waals surface area contributed by atoms with Crippen molar-refractivity contribution in [3.05, 3.63) is 82.3 Å². The molecule has 2 aliphatic rings. The number of aliphatic hydroxyl groups excluding tert-OH is 1. The maximum Gasteiger partial charge on any atom is 0.355 e. The van der Waals surface area contributed by atoms with Crippen molar-refractivity contribution in [3.8, 4) is 22.7 Å². The topological polar surface area (TPSA) is 140 Å². The number of fused-ring (bicyclic) bond motifs is 5. The van der Waals surface area contributed by atoms with Gasteiger partial charge in [-0.1, -0.05) is 40.3 Å². The lowest BCUT2D eigenvalue weighted by atomic mass is 9.97. The number of pyridine rings is 2. The summed E-state index contributed by atoms with van der Waals surface area (Å²) in [6.45, 7) is 15.3. The normalized spacial score (nSPS) is 19.0. The van der Waals surface area contributed by atoms with Gasteiger partial charge < -0.3 is 24.4 Å². The molecule has 0 radical (unpaired) electrons. The van der Waals surface area contributed by atoms with Crippen LogP contribution in [0, 0.1) is 18.7 Å². The molecule has 12 nitrogen and oxygen atoms in total. The fourth-order valence-corrected chi connectivity index (χ4v) is 6.61. The van der Waals surface area contributed by atoms with Crippen LogP contribution in [0.25, 0.3) is 28.0 Å². The number of rotatable bonds is 5. The molecule has 1 fully saturated rings. The molecule has 50 heavy (non-hydrogen) atoms. The van der Waals surface area contributed by atoms with Crippen molar-refractivity contribution in [1.82, 2.24) is 24.4 Å². The number of carbonyl (C=O) groups excluding carboxylic acids is 2. The van der Waals surface area contributed by atoms with Crippen LogP contribution in [0.3, 0.4) is 0 Å². The second-order valence-electron chi connectivity index (χ2n) is 13.4. The van der Waals surface area contributed by atoms with Gasteiger partial charge in [0.1, 0.15) is 30.1 Å². The summed E-state index contributed by atoms with van der Waals surface area (Å²) >= 11 is 0. The molecule has 13 heteroatoms. The molecule has 1 amide bonds. The minimum Gasteiger partial charge on any atom is -0.490 e. The van der Waals surface area contributed by atoms with Crippen LogP contribution >= 0.6 is 0 Å². The predicted octanol–water partition coefficient (Wildman–Crippen LogP) is 4.63. The van der Waals surface area contributed by atoms with E-state index in [-0.39, 0.29) is 52.8 Å². The van der Waals surface area contributed by atoms with E-state index in [0.29, 0.717) is 47.7 Å². The van der Waals surface area contributed by atoms with E-state index >= 15 is 4.39 Å². The molecule has 2 unspecified atom stereocenters. The number of esters is 1. The van der Waals surface area contributed by atoms with Crippen LogP contribution in [0.15, 0.2) is 54.0 Å². The average Bonchev–Trinajstić information content (AvgIpc) is 3.08. The third-order valence-corrected chi connectivity index (χ3v) is 9.17. The first-order valence-electron chi connectivity index (χ1n) is 16.7. The molecule has 0 spiro atoms. The second kappa shape index (κ2) is 13.6. The number of ether oxygens (including phenoxy) is 2.